The zero-order valence-electron chi connectivity index (χ0n) is 15.2. The van der Waals surface area contributed by atoms with Crippen molar-refractivity contribution in [2.45, 2.75) is 33.7 Å². The number of carboxylic acid groups (broad SMARTS) is 1. The van der Waals surface area contributed by atoms with E-state index in [0.29, 0.717) is 5.56 Å². The van der Waals surface area contributed by atoms with Crippen LogP contribution in [0.2, 0.25) is 0 Å². The summed E-state index contributed by atoms with van der Waals surface area (Å²) in [6.45, 7) is 7.28. The van der Waals surface area contributed by atoms with Crippen LogP contribution in [0.1, 0.15) is 35.6 Å². The first-order valence-electron chi connectivity index (χ1n) is 8.13. The number of hydrogen-bond donors (Lipinski definition) is 2. The average molecular weight is 344 g/mol. The molecule has 0 saturated carbocycles. The molecule has 1 aromatic carbocycles. The minimum Gasteiger partial charge on any atom is -0.497 e. The van der Waals surface area contributed by atoms with Crippen LogP contribution in [0, 0.1) is 19.8 Å². The summed E-state index contributed by atoms with van der Waals surface area (Å²) in [4.78, 5) is 23.9. The third kappa shape index (κ3) is 3.84. The molecule has 1 amide bonds. The van der Waals surface area contributed by atoms with Crippen LogP contribution in [0.25, 0.3) is 5.69 Å². The molecule has 25 heavy (non-hydrogen) atoms. The van der Waals surface area contributed by atoms with Crippen molar-refractivity contribution in [2.24, 2.45) is 5.92 Å². The van der Waals surface area contributed by atoms with Crippen molar-refractivity contribution in [3.05, 3.63) is 47.3 Å². The van der Waals surface area contributed by atoms with Crippen LogP contribution in [-0.2, 0) is 4.79 Å². The highest BCUT2D eigenvalue weighted by atomic mass is 16.5. The molecule has 0 radical (unpaired) electrons. The number of benzene rings is 1. The Morgan fingerprint density at radius 1 is 1.16 bits per heavy atom. The minimum absolute atomic E-state index is 0.202. The fraction of sp³-hybridized carbons (Fsp3) is 0.368. The van der Waals surface area contributed by atoms with E-state index in [-0.39, 0.29) is 11.8 Å². The molecule has 1 atom stereocenters. The van der Waals surface area contributed by atoms with Crippen LogP contribution in [-0.4, -0.2) is 34.7 Å². The van der Waals surface area contributed by atoms with Crippen LogP contribution in [0.15, 0.2) is 30.3 Å². The number of carboxylic acids is 1. The van der Waals surface area contributed by atoms with Gasteiger partial charge < -0.3 is 19.7 Å². The van der Waals surface area contributed by atoms with E-state index in [2.05, 4.69) is 5.32 Å². The van der Waals surface area contributed by atoms with Gasteiger partial charge in [0.05, 0.1) is 12.7 Å². The Bertz CT molecular complexity index is 775. The molecule has 0 spiro atoms. The first-order chi connectivity index (χ1) is 11.8. The molecule has 0 aliphatic rings. The third-order valence-electron chi connectivity index (χ3n) is 4.23. The minimum atomic E-state index is -1.03. The highest BCUT2D eigenvalue weighted by Crippen LogP contribution is 2.23. The van der Waals surface area contributed by atoms with Crippen LogP contribution < -0.4 is 10.1 Å². The Hall–Kier alpha value is -2.76. The molecule has 134 valence electrons. The van der Waals surface area contributed by atoms with E-state index < -0.39 is 12.0 Å². The smallest absolute Gasteiger partial charge is 0.326 e. The quantitative estimate of drug-likeness (QED) is 0.844. The van der Waals surface area contributed by atoms with Crippen molar-refractivity contribution < 1.29 is 19.4 Å². The molecule has 6 nitrogen and oxygen atoms in total. The van der Waals surface area contributed by atoms with Crippen LogP contribution in [0.3, 0.4) is 0 Å². The highest BCUT2D eigenvalue weighted by molar-refractivity contribution is 5.98. The molecule has 0 fully saturated rings. The van der Waals surface area contributed by atoms with Gasteiger partial charge in [-0.15, -0.1) is 0 Å². The van der Waals surface area contributed by atoms with Crippen molar-refractivity contribution in [1.82, 2.24) is 9.88 Å². The lowest BCUT2D eigenvalue weighted by Crippen LogP contribution is -2.44. The third-order valence-corrected chi connectivity index (χ3v) is 4.23. The van der Waals surface area contributed by atoms with Gasteiger partial charge in [-0.1, -0.05) is 13.8 Å². The van der Waals surface area contributed by atoms with Crippen molar-refractivity contribution >= 4 is 11.9 Å². The summed E-state index contributed by atoms with van der Waals surface area (Å²) in [6, 6.07) is 8.38. The summed E-state index contributed by atoms with van der Waals surface area (Å²) in [6.07, 6.45) is 0. The van der Waals surface area contributed by atoms with Gasteiger partial charge in [-0.2, -0.15) is 0 Å². The fourth-order valence-electron chi connectivity index (χ4n) is 2.85. The summed E-state index contributed by atoms with van der Waals surface area (Å²) >= 11 is 0. The van der Waals surface area contributed by atoms with Gasteiger partial charge in [0.15, 0.2) is 0 Å². The molecule has 0 aliphatic heterocycles. The second kappa shape index (κ2) is 7.42. The van der Waals surface area contributed by atoms with E-state index in [0.717, 1.165) is 22.8 Å². The molecular weight excluding hydrogens is 320 g/mol. The van der Waals surface area contributed by atoms with E-state index in [1.807, 2.05) is 42.7 Å². The van der Waals surface area contributed by atoms with Gasteiger partial charge in [-0.05, 0) is 50.1 Å². The number of nitrogens with zero attached hydrogens (tertiary/aromatic N) is 1. The molecule has 2 rings (SSSR count). The highest BCUT2D eigenvalue weighted by Gasteiger charge is 2.26. The second-order valence-electron chi connectivity index (χ2n) is 6.35. The Balaban J connectivity index is 2.34. The van der Waals surface area contributed by atoms with Crippen LogP contribution >= 0.6 is 0 Å². The lowest BCUT2D eigenvalue weighted by molar-refractivity contribution is -0.140. The lowest BCUT2D eigenvalue weighted by Gasteiger charge is -2.18. The summed E-state index contributed by atoms with van der Waals surface area (Å²) < 4.78 is 7.13. The Morgan fingerprint density at radius 2 is 1.76 bits per heavy atom. The number of carbonyl (C=O) groups excluding carboxylic acids is 1. The molecule has 0 saturated heterocycles. The van der Waals surface area contributed by atoms with Crippen molar-refractivity contribution in [2.75, 3.05) is 7.11 Å². The van der Waals surface area contributed by atoms with Gasteiger partial charge in [-0.25, -0.2) is 4.79 Å². The molecular formula is C19H24N2O4. The average Bonchev–Trinajstić information content (AvgIpc) is 2.86. The van der Waals surface area contributed by atoms with Gasteiger partial charge in [0.2, 0.25) is 0 Å². The first kappa shape index (κ1) is 18.6. The number of amides is 1. The maximum Gasteiger partial charge on any atom is 0.326 e. The Kier molecular flexibility index (Phi) is 5.51. The van der Waals surface area contributed by atoms with Gasteiger partial charge in [0, 0.05) is 17.1 Å². The molecule has 1 aromatic heterocycles. The number of aryl methyl sites for hydroxylation is 1. The normalized spacial score (nSPS) is 12.1. The van der Waals surface area contributed by atoms with E-state index in [4.69, 9.17) is 4.74 Å². The lowest BCUT2D eigenvalue weighted by atomic mass is 10.0. The van der Waals surface area contributed by atoms with Crippen molar-refractivity contribution in [3.63, 3.8) is 0 Å². The number of carbonyl (C=O) groups is 2. The maximum absolute atomic E-state index is 12.6. The second-order valence-corrected chi connectivity index (χ2v) is 6.35. The predicted molar refractivity (Wildman–Crippen MR) is 95.5 cm³/mol. The zero-order valence-corrected chi connectivity index (χ0v) is 15.2. The van der Waals surface area contributed by atoms with Crippen LogP contribution in [0.5, 0.6) is 5.75 Å². The van der Waals surface area contributed by atoms with E-state index >= 15 is 0 Å². The molecule has 0 unspecified atom stereocenters. The number of aliphatic carboxylic acids is 1. The van der Waals surface area contributed by atoms with Crippen molar-refractivity contribution in [3.8, 4) is 11.4 Å². The number of rotatable bonds is 6. The zero-order chi connectivity index (χ0) is 18.7. The largest absolute Gasteiger partial charge is 0.497 e. The predicted octanol–water partition coefficient (Wildman–Crippen LogP) is 2.94. The van der Waals surface area contributed by atoms with Gasteiger partial charge >= 0.3 is 5.97 Å². The Labute approximate surface area is 147 Å². The van der Waals surface area contributed by atoms with Gasteiger partial charge in [-0.3, -0.25) is 4.79 Å². The molecule has 2 aromatic rings. The summed E-state index contributed by atoms with van der Waals surface area (Å²) in [7, 11) is 1.61. The van der Waals surface area contributed by atoms with Crippen LogP contribution in [0.4, 0.5) is 0 Å². The fourth-order valence-corrected chi connectivity index (χ4v) is 2.85. The Morgan fingerprint density at radius 3 is 2.24 bits per heavy atom. The van der Waals surface area contributed by atoms with Crippen molar-refractivity contribution in [1.29, 1.82) is 0 Å². The van der Waals surface area contributed by atoms with E-state index in [9.17, 15) is 14.7 Å². The number of ether oxygens (including phenoxy) is 1. The standard InChI is InChI=1S/C19H24N2O4/c1-11(2)17(19(23)24)20-18(22)16-10-12(3)21(13(16)4)14-6-8-15(25-5)9-7-14/h6-11,17H,1-5H3,(H,20,22)(H,23,24)/t17-/m1/s1. The first-order valence-corrected chi connectivity index (χ1v) is 8.13. The van der Waals surface area contributed by atoms with Gasteiger partial charge in [0.1, 0.15) is 11.8 Å². The summed E-state index contributed by atoms with van der Waals surface area (Å²) in [5.41, 5.74) is 3.03. The number of hydrogen-bond acceptors (Lipinski definition) is 3. The topological polar surface area (TPSA) is 80.6 Å². The number of aromatic nitrogens is 1. The van der Waals surface area contributed by atoms with E-state index in [1.165, 1.54) is 0 Å². The molecule has 2 N–H and O–H groups in total. The number of methoxy groups -OCH3 is 1. The summed E-state index contributed by atoms with van der Waals surface area (Å²) in [5, 5.41) is 11.9. The number of nitrogens with one attached hydrogen (secondary N) is 1. The SMILES string of the molecule is COc1ccc(-n2c(C)cc(C(=O)N[C@@H](C(=O)O)C(C)C)c2C)cc1. The molecule has 0 aliphatic carbocycles. The maximum atomic E-state index is 12.6. The summed E-state index contributed by atoms with van der Waals surface area (Å²) in [5.74, 6) is -0.863. The van der Waals surface area contributed by atoms with Gasteiger partial charge in [0.25, 0.3) is 5.91 Å². The molecule has 6 heteroatoms. The van der Waals surface area contributed by atoms with E-state index in [1.54, 1.807) is 27.0 Å². The monoisotopic (exact) mass is 344 g/mol. The molecule has 1 heterocycles. The molecule has 0 bridgehead atoms.